The van der Waals surface area contributed by atoms with Crippen LogP contribution in [0, 0.1) is 0 Å². The summed E-state index contributed by atoms with van der Waals surface area (Å²) in [7, 11) is -3.51. The summed E-state index contributed by atoms with van der Waals surface area (Å²) in [5.74, 6) is 0. The summed E-state index contributed by atoms with van der Waals surface area (Å²) < 4.78 is 34.0. The molecule has 1 atom stereocenters. The Morgan fingerprint density at radius 2 is 1.86 bits per heavy atom. The van der Waals surface area contributed by atoms with Gasteiger partial charge in [-0.1, -0.05) is 0 Å². The quantitative estimate of drug-likeness (QED) is 0.511. The second-order valence-electron chi connectivity index (χ2n) is 2.40. The summed E-state index contributed by atoms with van der Waals surface area (Å²) in [6.07, 6.45) is -2.64. The van der Waals surface area contributed by atoms with Gasteiger partial charge in [0.25, 0.3) is 5.24 Å². The van der Waals surface area contributed by atoms with Crippen LogP contribution in [-0.2, 0) is 18.4 Å². The molecule has 0 fully saturated rings. The third kappa shape index (κ3) is 5.05. The number of hydrogen-bond acceptors (Lipinski definition) is 4. The van der Waals surface area contributed by atoms with Crippen LogP contribution in [0.5, 0.6) is 0 Å². The molecule has 0 rings (SSSR count). The molecule has 0 aromatic carbocycles. The van der Waals surface area contributed by atoms with Gasteiger partial charge in [-0.25, -0.2) is 4.39 Å². The molecule has 0 aliphatic heterocycles. The van der Waals surface area contributed by atoms with E-state index in [0.717, 1.165) is 0 Å². The first-order chi connectivity index (χ1) is 6.45. The second kappa shape index (κ2) is 6.51. The molecule has 0 aromatic heterocycles. The van der Waals surface area contributed by atoms with Crippen LogP contribution in [0.25, 0.3) is 0 Å². The fraction of sp³-hybridized carbons (Fsp3) is 0.857. The predicted octanol–water partition coefficient (Wildman–Crippen LogP) is 2.36. The normalized spacial score (nSPS) is 14.0. The Morgan fingerprint density at radius 1 is 1.43 bits per heavy atom. The summed E-state index contributed by atoms with van der Waals surface area (Å²) in [5, 5.41) is -1.19. The van der Waals surface area contributed by atoms with Crippen molar-refractivity contribution >= 4 is 24.4 Å². The predicted molar refractivity (Wildman–Crippen MR) is 51.5 cm³/mol. The zero-order valence-corrected chi connectivity index (χ0v) is 9.69. The third-order valence-electron chi connectivity index (χ3n) is 1.28. The lowest BCUT2D eigenvalue weighted by Crippen LogP contribution is -2.17. The van der Waals surface area contributed by atoms with E-state index in [1.807, 2.05) is 0 Å². The first-order valence-corrected chi connectivity index (χ1v) is 6.27. The molecule has 0 bridgehead atoms. The van der Waals surface area contributed by atoms with Gasteiger partial charge in [0.2, 0.25) is 0 Å². The van der Waals surface area contributed by atoms with Gasteiger partial charge in [0.1, 0.15) is 0 Å². The first-order valence-electron chi connectivity index (χ1n) is 4.16. The van der Waals surface area contributed by atoms with Crippen LogP contribution in [0.2, 0.25) is 0 Å². The van der Waals surface area contributed by atoms with E-state index in [-0.39, 0.29) is 13.2 Å². The summed E-state index contributed by atoms with van der Waals surface area (Å²) in [4.78, 5) is 10.4. The van der Waals surface area contributed by atoms with Crippen LogP contribution in [0.4, 0.5) is 4.39 Å². The highest BCUT2D eigenvalue weighted by atomic mass is 35.5. The lowest BCUT2D eigenvalue weighted by molar-refractivity contribution is -0.115. The van der Waals surface area contributed by atoms with E-state index in [2.05, 4.69) is 0 Å². The van der Waals surface area contributed by atoms with Crippen molar-refractivity contribution in [3.63, 3.8) is 0 Å². The molecule has 0 spiro atoms. The van der Waals surface area contributed by atoms with Gasteiger partial charge in [0.15, 0.2) is 6.17 Å². The van der Waals surface area contributed by atoms with Gasteiger partial charge < -0.3 is 9.05 Å². The lowest BCUT2D eigenvalue weighted by atomic mass is 10.5. The van der Waals surface area contributed by atoms with Crippen LogP contribution in [0.1, 0.15) is 13.8 Å². The molecule has 14 heavy (non-hydrogen) atoms. The Bertz CT molecular complexity index is 226. The minimum atomic E-state index is -3.51. The molecule has 4 nitrogen and oxygen atoms in total. The Hall–Kier alpha value is 0.0400. The van der Waals surface area contributed by atoms with E-state index in [1.165, 1.54) is 0 Å². The average molecular weight is 247 g/mol. The first kappa shape index (κ1) is 14.0. The average Bonchev–Trinajstić information content (AvgIpc) is 2.04. The Balaban J connectivity index is 4.35. The molecule has 0 saturated carbocycles. The highest BCUT2D eigenvalue weighted by Crippen LogP contribution is 2.49. The van der Waals surface area contributed by atoms with Crippen molar-refractivity contribution in [2.45, 2.75) is 20.0 Å². The molecular formula is C7H13ClFO4P. The van der Waals surface area contributed by atoms with Crippen LogP contribution in [-0.4, -0.2) is 30.8 Å². The number of rotatable bonds is 7. The molecular weight excluding hydrogens is 233 g/mol. The van der Waals surface area contributed by atoms with Gasteiger partial charge in [-0.3, -0.25) is 9.36 Å². The number of carbonyl (C=O) groups excluding carboxylic acids is 1. The van der Waals surface area contributed by atoms with Gasteiger partial charge in [-0.2, -0.15) is 0 Å². The van der Waals surface area contributed by atoms with Crippen molar-refractivity contribution in [3.8, 4) is 0 Å². The zero-order chi connectivity index (χ0) is 11.2. The maximum absolute atomic E-state index is 12.9. The number of hydrogen-bond donors (Lipinski definition) is 0. The summed E-state index contributed by atoms with van der Waals surface area (Å²) >= 11 is 4.89. The highest BCUT2D eigenvalue weighted by Gasteiger charge is 2.31. The van der Waals surface area contributed by atoms with Crippen molar-refractivity contribution < 1.29 is 22.8 Å². The van der Waals surface area contributed by atoms with Gasteiger partial charge in [0, 0.05) is 0 Å². The molecule has 0 aromatic rings. The lowest BCUT2D eigenvalue weighted by Gasteiger charge is -2.17. The molecule has 0 N–H and O–H groups in total. The van der Waals surface area contributed by atoms with Gasteiger partial charge in [-0.05, 0) is 25.4 Å². The van der Waals surface area contributed by atoms with E-state index in [4.69, 9.17) is 20.6 Å². The maximum Gasteiger partial charge on any atom is 0.334 e. The smallest absolute Gasteiger partial charge is 0.309 e. The molecule has 0 saturated heterocycles. The Kier molecular flexibility index (Phi) is 6.53. The standard InChI is InChI=1S/C7H13ClFO4P/c1-3-12-14(11,13-4-2)5-6(9)7(8)10/h6H,3-5H2,1-2H3. The second-order valence-corrected chi connectivity index (χ2v) is 4.88. The molecule has 0 amide bonds. The van der Waals surface area contributed by atoms with Crippen molar-refractivity contribution in [3.05, 3.63) is 0 Å². The number of carbonyl (C=O) groups is 1. The van der Waals surface area contributed by atoms with E-state index >= 15 is 0 Å². The molecule has 0 aliphatic carbocycles. The monoisotopic (exact) mass is 246 g/mol. The summed E-state index contributed by atoms with van der Waals surface area (Å²) in [6.45, 7) is 3.45. The Morgan fingerprint density at radius 3 is 2.14 bits per heavy atom. The van der Waals surface area contributed by atoms with Crippen LogP contribution < -0.4 is 0 Å². The number of halogens is 2. The minimum absolute atomic E-state index is 0.125. The fourth-order valence-corrected chi connectivity index (χ4v) is 2.62. The van der Waals surface area contributed by atoms with E-state index < -0.39 is 25.2 Å². The van der Waals surface area contributed by atoms with E-state index in [9.17, 15) is 13.8 Å². The highest BCUT2D eigenvalue weighted by molar-refractivity contribution is 7.54. The van der Waals surface area contributed by atoms with E-state index in [1.54, 1.807) is 13.8 Å². The van der Waals surface area contributed by atoms with Crippen LogP contribution in [0.15, 0.2) is 0 Å². The molecule has 0 radical (unpaired) electrons. The third-order valence-corrected chi connectivity index (χ3v) is 3.59. The van der Waals surface area contributed by atoms with Crippen molar-refractivity contribution in [2.24, 2.45) is 0 Å². The summed E-state index contributed by atoms with van der Waals surface area (Å²) in [5.41, 5.74) is 0. The van der Waals surface area contributed by atoms with Gasteiger partial charge >= 0.3 is 7.60 Å². The largest absolute Gasteiger partial charge is 0.334 e. The Labute approximate surface area is 87.2 Å². The molecule has 7 heteroatoms. The number of alkyl halides is 1. The SMILES string of the molecule is CCOP(=O)(CC(F)C(=O)Cl)OCC. The topological polar surface area (TPSA) is 52.6 Å². The molecule has 1 unspecified atom stereocenters. The minimum Gasteiger partial charge on any atom is -0.309 e. The van der Waals surface area contributed by atoms with Gasteiger partial charge in [0.05, 0.1) is 19.4 Å². The summed E-state index contributed by atoms with van der Waals surface area (Å²) in [6, 6.07) is 0. The van der Waals surface area contributed by atoms with Crippen molar-refractivity contribution in [2.75, 3.05) is 19.4 Å². The van der Waals surface area contributed by atoms with E-state index in [0.29, 0.717) is 0 Å². The van der Waals surface area contributed by atoms with Crippen LogP contribution >= 0.6 is 19.2 Å². The van der Waals surface area contributed by atoms with Crippen molar-refractivity contribution in [1.29, 1.82) is 0 Å². The molecule has 84 valence electrons. The molecule has 0 heterocycles. The molecule has 0 aliphatic rings. The fourth-order valence-electron chi connectivity index (χ4n) is 0.804. The van der Waals surface area contributed by atoms with Crippen LogP contribution in [0.3, 0.4) is 0 Å². The zero-order valence-electron chi connectivity index (χ0n) is 8.03. The van der Waals surface area contributed by atoms with Gasteiger partial charge in [-0.15, -0.1) is 0 Å². The van der Waals surface area contributed by atoms with Crippen molar-refractivity contribution in [1.82, 2.24) is 0 Å². The maximum atomic E-state index is 12.9.